The molecule has 0 aromatic heterocycles. The van der Waals surface area contributed by atoms with Gasteiger partial charge < -0.3 is 9.84 Å². The summed E-state index contributed by atoms with van der Waals surface area (Å²) in [5.41, 5.74) is 0. The smallest absolute Gasteiger partial charge is 0.384 e. The summed E-state index contributed by atoms with van der Waals surface area (Å²) in [5, 5.41) is 8.47. The van der Waals surface area contributed by atoms with Crippen LogP contribution in [0.25, 0.3) is 0 Å². The van der Waals surface area contributed by atoms with Crippen LogP contribution < -0.4 is 0 Å². The third kappa shape index (κ3) is 8.68. The number of halogens is 12. The highest BCUT2D eigenvalue weighted by Crippen LogP contribution is 2.58. The Bertz CT molecular complexity index is 819. The van der Waals surface area contributed by atoms with Gasteiger partial charge in [0.2, 0.25) is 0 Å². The van der Waals surface area contributed by atoms with Gasteiger partial charge in [-0.25, -0.2) is 8.78 Å². The predicted octanol–water partition coefficient (Wildman–Crippen LogP) is 6.66. The molecule has 0 saturated carbocycles. The second kappa shape index (κ2) is 13.9. The number of hydrogen-bond acceptors (Lipinski definition) is 2. The van der Waals surface area contributed by atoms with Gasteiger partial charge in [-0.15, -0.1) is 0 Å². The number of aliphatic carboxylic acids is 1. The lowest BCUT2D eigenvalue weighted by Crippen LogP contribution is -2.69. The van der Waals surface area contributed by atoms with Crippen molar-refractivity contribution in [1.82, 2.24) is 0 Å². The number of alkyl halides is 12. The van der Waals surface area contributed by atoms with Gasteiger partial charge in [-0.1, -0.05) is 37.5 Å². The molecule has 0 rings (SSSR count). The second-order valence-electron chi connectivity index (χ2n) is 7.46. The van der Waals surface area contributed by atoms with Crippen molar-refractivity contribution >= 4 is 5.97 Å². The quantitative estimate of drug-likeness (QED) is 0.133. The van der Waals surface area contributed by atoms with E-state index in [2.05, 4.69) is 22.5 Å². The molecule has 0 aromatic carbocycles. The predicted molar refractivity (Wildman–Crippen MR) is 102 cm³/mol. The van der Waals surface area contributed by atoms with E-state index in [4.69, 9.17) is 5.11 Å². The number of rotatable bonds is 16. The third-order valence-electron chi connectivity index (χ3n) is 4.58. The Kier molecular flexibility index (Phi) is 13.0. The Labute approximate surface area is 198 Å². The van der Waals surface area contributed by atoms with Crippen molar-refractivity contribution in [3.8, 4) is 23.7 Å². The zero-order valence-corrected chi connectivity index (χ0v) is 18.4. The van der Waals surface area contributed by atoms with E-state index in [9.17, 15) is 57.5 Å². The molecule has 0 radical (unpaired) electrons. The minimum Gasteiger partial charge on any atom is -0.481 e. The molecule has 36 heavy (non-hydrogen) atoms. The van der Waals surface area contributed by atoms with E-state index in [1.54, 1.807) is 0 Å². The van der Waals surface area contributed by atoms with E-state index in [1.165, 1.54) is 0 Å². The molecular formula is C21H22F12O3. The number of carbonyl (C=O) groups is 1. The van der Waals surface area contributed by atoms with E-state index in [0.717, 1.165) is 25.7 Å². The maximum Gasteiger partial charge on any atom is 0.384 e. The molecule has 208 valence electrons. The number of unbranched alkanes of at least 4 members (excludes halogenated alkanes) is 6. The molecule has 0 saturated heterocycles. The fourth-order valence-electron chi connectivity index (χ4n) is 2.48. The van der Waals surface area contributed by atoms with Crippen molar-refractivity contribution in [2.45, 2.75) is 87.4 Å². The maximum absolute atomic E-state index is 13.5. The highest BCUT2D eigenvalue weighted by molar-refractivity contribution is 5.66. The molecule has 0 amide bonds. The summed E-state index contributed by atoms with van der Waals surface area (Å²) in [5.74, 6) is -27.6. The summed E-state index contributed by atoms with van der Waals surface area (Å²) in [6.07, 6.45) is -0.631. The van der Waals surface area contributed by atoms with Crippen LogP contribution in [-0.4, -0.2) is 60.3 Å². The van der Waals surface area contributed by atoms with Crippen LogP contribution in [0.2, 0.25) is 0 Å². The Morgan fingerprint density at radius 1 is 0.722 bits per heavy atom. The van der Waals surface area contributed by atoms with Gasteiger partial charge in [-0.3, -0.25) is 4.79 Å². The Balaban J connectivity index is 4.64. The number of carboxylic acid groups (broad SMARTS) is 1. The van der Waals surface area contributed by atoms with Crippen LogP contribution >= 0.6 is 0 Å². The summed E-state index contributed by atoms with van der Waals surface area (Å²) >= 11 is 0. The summed E-state index contributed by atoms with van der Waals surface area (Å²) in [7, 11) is 0. The van der Waals surface area contributed by atoms with Gasteiger partial charge in [-0.05, 0) is 24.7 Å². The van der Waals surface area contributed by atoms with E-state index < -0.39 is 55.2 Å². The lowest BCUT2D eigenvalue weighted by atomic mass is 9.94. The SMILES string of the molecule is O=C(O)CCCCCCCCC#CC#CCOCC(F)(F)C(F)(F)C(F)(F)C(F)(F)C(F)(F)C(F)F. The van der Waals surface area contributed by atoms with E-state index in [0.29, 0.717) is 19.3 Å². The third-order valence-corrected chi connectivity index (χ3v) is 4.58. The van der Waals surface area contributed by atoms with Crippen LogP contribution in [0.3, 0.4) is 0 Å². The first-order chi connectivity index (χ1) is 16.4. The van der Waals surface area contributed by atoms with E-state index >= 15 is 0 Å². The monoisotopic (exact) mass is 550 g/mol. The molecular weight excluding hydrogens is 528 g/mol. The molecule has 1 N–H and O–H groups in total. The van der Waals surface area contributed by atoms with Crippen molar-refractivity contribution in [2.75, 3.05) is 13.2 Å². The number of hydrogen-bond donors (Lipinski definition) is 1. The normalized spacial score (nSPS) is 13.1. The van der Waals surface area contributed by atoms with E-state index in [1.807, 2.05) is 5.92 Å². The van der Waals surface area contributed by atoms with Gasteiger partial charge >= 0.3 is 42.0 Å². The molecule has 0 aliphatic rings. The average molecular weight is 550 g/mol. The van der Waals surface area contributed by atoms with Crippen molar-refractivity contribution in [2.24, 2.45) is 0 Å². The van der Waals surface area contributed by atoms with Crippen LogP contribution in [0.4, 0.5) is 52.7 Å². The Hall–Kier alpha value is -2.29. The van der Waals surface area contributed by atoms with Crippen molar-refractivity contribution in [1.29, 1.82) is 0 Å². The lowest BCUT2D eigenvalue weighted by Gasteiger charge is -2.38. The van der Waals surface area contributed by atoms with Crippen molar-refractivity contribution in [3.63, 3.8) is 0 Å². The van der Waals surface area contributed by atoms with E-state index in [-0.39, 0.29) is 6.42 Å². The zero-order chi connectivity index (χ0) is 28.3. The van der Waals surface area contributed by atoms with Crippen molar-refractivity contribution in [3.05, 3.63) is 0 Å². The van der Waals surface area contributed by atoms with Crippen LogP contribution in [0.5, 0.6) is 0 Å². The zero-order valence-electron chi connectivity index (χ0n) is 18.4. The molecule has 0 aromatic rings. The molecule has 0 unspecified atom stereocenters. The molecule has 0 heterocycles. The second-order valence-corrected chi connectivity index (χ2v) is 7.46. The average Bonchev–Trinajstić information content (AvgIpc) is 2.75. The fourth-order valence-corrected chi connectivity index (χ4v) is 2.48. The lowest BCUT2D eigenvalue weighted by molar-refractivity contribution is -0.415. The molecule has 0 spiro atoms. The van der Waals surface area contributed by atoms with Gasteiger partial charge in [0.15, 0.2) is 0 Å². The summed E-state index contributed by atoms with van der Waals surface area (Å²) in [6, 6.07) is 0. The van der Waals surface area contributed by atoms with Gasteiger partial charge in [0.25, 0.3) is 0 Å². The maximum atomic E-state index is 13.5. The van der Waals surface area contributed by atoms with Gasteiger partial charge in [0.1, 0.15) is 13.2 Å². The van der Waals surface area contributed by atoms with Crippen LogP contribution in [0, 0.1) is 23.7 Å². The van der Waals surface area contributed by atoms with Gasteiger partial charge in [0.05, 0.1) is 0 Å². The topological polar surface area (TPSA) is 46.5 Å². The van der Waals surface area contributed by atoms with Crippen molar-refractivity contribution < 1.29 is 67.3 Å². The highest BCUT2D eigenvalue weighted by Gasteiger charge is 2.87. The summed E-state index contributed by atoms with van der Waals surface area (Å²) < 4.78 is 160. The number of carboxylic acids is 1. The number of ether oxygens (including phenoxy) is 1. The van der Waals surface area contributed by atoms with Gasteiger partial charge in [-0.2, -0.15) is 43.9 Å². The molecule has 0 aliphatic carbocycles. The fraction of sp³-hybridized carbons (Fsp3) is 0.762. The van der Waals surface area contributed by atoms with Crippen LogP contribution in [-0.2, 0) is 9.53 Å². The van der Waals surface area contributed by atoms with Crippen LogP contribution in [0.1, 0.15) is 51.4 Å². The summed E-state index contributed by atoms with van der Waals surface area (Å²) in [4.78, 5) is 10.3. The molecule has 0 bridgehead atoms. The first-order valence-corrected chi connectivity index (χ1v) is 10.3. The minimum absolute atomic E-state index is 0.0938. The first-order valence-electron chi connectivity index (χ1n) is 10.3. The van der Waals surface area contributed by atoms with Crippen LogP contribution in [0.15, 0.2) is 0 Å². The first kappa shape index (κ1) is 33.7. The Morgan fingerprint density at radius 3 is 1.75 bits per heavy atom. The molecule has 3 nitrogen and oxygen atoms in total. The van der Waals surface area contributed by atoms with Gasteiger partial charge in [0, 0.05) is 12.8 Å². The minimum atomic E-state index is -7.58. The Morgan fingerprint density at radius 2 is 1.22 bits per heavy atom. The molecule has 0 fully saturated rings. The standard InChI is InChI=1S/C21H22F12O3/c22-16(23)18(26,27)20(30,31)21(32,33)19(28,29)17(24,25)14-36-13-11-9-7-5-3-1-2-4-6-8-10-12-15(34)35/h16H,1-4,6,8,10,12-14H2,(H,34,35). The molecule has 0 atom stereocenters. The molecule has 15 heteroatoms. The molecule has 0 aliphatic heterocycles. The highest BCUT2D eigenvalue weighted by atomic mass is 19.4. The largest absolute Gasteiger partial charge is 0.481 e. The summed E-state index contributed by atoms with van der Waals surface area (Å²) in [6.45, 7) is -3.77.